The van der Waals surface area contributed by atoms with Gasteiger partial charge >= 0.3 is 0 Å². The Balaban J connectivity index is 1.58. The SMILES string of the molecule is CC1(C)OCC(c2cccc(CCN3CCNCC3)c2)O1. The topological polar surface area (TPSA) is 33.7 Å². The van der Waals surface area contributed by atoms with Crippen LogP contribution < -0.4 is 5.32 Å². The molecule has 116 valence electrons. The van der Waals surface area contributed by atoms with Gasteiger partial charge in [-0.3, -0.25) is 0 Å². The van der Waals surface area contributed by atoms with Gasteiger partial charge in [-0.05, 0) is 31.4 Å². The Morgan fingerprint density at radius 1 is 1.29 bits per heavy atom. The monoisotopic (exact) mass is 290 g/mol. The summed E-state index contributed by atoms with van der Waals surface area (Å²) >= 11 is 0. The molecule has 2 aliphatic heterocycles. The number of benzene rings is 1. The molecule has 3 rings (SSSR count). The zero-order chi connectivity index (χ0) is 14.7. The third-order valence-corrected chi connectivity index (χ3v) is 4.26. The van der Waals surface area contributed by atoms with Crippen molar-refractivity contribution in [1.82, 2.24) is 10.2 Å². The molecule has 0 bridgehead atoms. The van der Waals surface area contributed by atoms with Crippen LogP contribution in [-0.4, -0.2) is 50.0 Å². The third-order valence-electron chi connectivity index (χ3n) is 4.26. The lowest BCUT2D eigenvalue weighted by molar-refractivity contribution is -0.139. The number of nitrogens with zero attached hydrogens (tertiary/aromatic N) is 1. The van der Waals surface area contributed by atoms with E-state index >= 15 is 0 Å². The standard InChI is InChI=1S/C17H26N2O2/c1-17(2)20-13-16(21-17)15-5-3-4-14(12-15)6-9-19-10-7-18-8-11-19/h3-5,12,16,18H,6-11,13H2,1-2H3. The molecule has 0 aromatic heterocycles. The van der Waals surface area contributed by atoms with Gasteiger partial charge in [-0.15, -0.1) is 0 Å². The van der Waals surface area contributed by atoms with E-state index in [0.29, 0.717) is 6.61 Å². The lowest BCUT2D eigenvalue weighted by Gasteiger charge is -2.27. The van der Waals surface area contributed by atoms with E-state index in [2.05, 4.69) is 34.5 Å². The van der Waals surface area contributed by atoms with Crippen molar-refractivity contribution in [1.29, 1.82) is 0 Å². The summed E-state index contributed by atoms with van der Waals surface area (Å²) in [4.78, 5) is 2.53. The van der Waals surface area contributed by atoms with Gasteiger partial charge in [0, 0.05) is 32.7 Å². The summed E-state index contributed by atoms with van der Waals surface area (Å²) in [5.41, 5.74) is 2.62. The fourth-order valence-corrected chi connectivity index (χ4v) is 3.02. The van der Waals surface area contributed by atoms with Gasteiger partial charge in [0.05, 0.1) is 6.61 Å². The first-order chi connectivity index (χ1) is 10.1. The number of rotatable bonds is 4. The average Bonchev–Trinajstić information content (AvgIpc) is 2.87. The first kappa shape index (κ1) is 15.0. The molecule has 0 spiro atoms. The first-order valence-electron chi connectivity index (χ1n) is 7.96. The van der Waals surface area contributed by atoms with Crippen LogP contribution in [0.25, 0.3) is 0 Å². The van der Waals surface area contributed by atoms with E-state index in [9.17, 15) is 0 Å². The van der Waals surface area contributed by atoms with E-state index in [-0.39, 0.29) is 6.10 Å². The highest BCUT2D eigenvalue weighted by Gasteiger charge is 2.33. The summed E-state index contributed by atoms with van der Waals surface area (Å²) in [7, 11) is 0. The second-order valence-electron chi connectivity index (χ2n) is 6.40. The number of hydrogen-bond donors (Lipinski definition) is 1. The van der Waals surface area contributed by atoms with Gasteiger partial charge < -0.3 is 19.7 Å². The minimum absolute atomic E-state index is 0.0686. The maximum absolute atomic E-state index is 5.94. The van der Waals surface area contributed by atoms with Crippen LogP contribution in [0.5, 0.6) is 0 Å². The second kappa shape index (κ2) is 6.44. The largest absolute Gasteiger partial charge is 0.347 e. The molecule has 1 atom stereocenters. The Labute approximate surface area is 127 Å². The molecule has 1 aromatic rings. The number of piperazine rings is 1. The van der Waals surface area contributed by atoms with Crippen molar-refractivity contribution in [3.8, 4) is 0 Å². The van der Waals surface area contributed by atoms with Crippen LogP contribution in [0.2, 0.25) is 0 Å². The van der Waals surface area contributed by atoms with Crippen LogP contribution in [0.15, 0.2) is 24.3 Å². The molecule has 1 unspecified atom stereocenters. The third kappa shape index (κ3) is 4.04. The zero-order valence-electron chi connectivity index (χ0n) is 13.1. The van der Waals surface area contributed by atoms with Gasteiger partial charge in [0.15, 0.2) is 5.79 Å². The van der Waals surface area contributed by atoms with Gasteiger partial charge in [-0.2, -0.15) is 0 Å². The Bertz CT molecular complexity index is 470. The van der Waals surface area contributed by atoms with Gasteiger partial charge in [0.1, 0.15) is 6.10 Å². The smallest absolute Gasteiger partial charge is 0.163 e. The highest BCUT2D eigenvalue weighted by atomic mass is 16.7. The summed E-state index contributed by atoms with van der Waals surface area (Å²) in [6, 6.07) is 8.77. The molecule has 2 heterocycles. The lowest BCUT2D eigenvalue weighted by Crippen LogP contribution is -2.44. The van der Waals surface area contributed by atoms with Crippen molar-refractivity contribution >= 4 is 0 Å². The Hall–Kier alpha value is -0.940. The molecule has 0 aliphatic carbocycles. The van der Waals surface area contributed by atoms with Crippen molar-refractivity contribution in [2.45, 2.75) is 32.2 Å². The molecule has 2 saturated heterocycles. The predicted molar refractivity (Wildman–Crippen MR) is 83.3 cm³/mol. The first-order valence-corrected chi connectivity index (χ1v) is 7.96. The molecular weight excluding hydrogens is 264 g/mol. The van der Waals surface area contributed by atoms with Gasteiger partial charge in [0.25, 0.3) is 0 Å². The highest BCUT2D eigenvalue weighted by Crippen LogP contribution is 2.32. The van der Waals surface area contributed by atoms with Crippen LogP contribution in [0, 0.1) is 0 Å². The summed E-state index contributed by atoms with van der Waals surface area (Å²) < 4.78 is 11.6. The van der Waals surface area contributed by atoms with Gasteiger partial charge in [-0.25, -0.2) is 0 Å². The minimum atomic E-state index is -0.457. The zero-order valence-corrected chi connectivity index (χ0v) is 13.1. The quantitative estimate of drug-likeness (QED) is 0.919. The van der Waals surface area contributed by atoms with E-state index < -0.39 is 5.79 Å². The Morgan fingerprint density at radius 3 is 2.81 bits per heavy atom. The fraction of sp³-hybridized carbons (Fsp3) is 0.647. The molecular formula is C17H26N2O2. The van der Waals surface area contributed by atoms with Gasteiger partial charge in [-0.1, -0.05) is 24.3 Å². The molecule has 2 aliphatic rings. The van der Waals surface area contributed by atoms with Crippen LogP contribution in [0.3, 0.4) is 0 Å². The molecule has 1 aromatic carbocycles. The van der Waals surface area contributed by atoms with Crippen LogP contribution >= 0.6 is 0 Å². The summed E-state index contributed by atoms with van der Waals surface area (Å²) in [6.45, 7) is 10.3. The molecule has 4 nitrogen and oxygen atoms in total. The number of ether oxygens (including phenoxy) is 2. The molecule has 1 N–H and O–H groups in total. The Kier molecular flexibility index (Phi) is 4.60. The summed E-state index contributed by atoms with van der Waals surface area (Å²) in [5, 5.41) is 3.39. The predicted octanol–water partition coefficient (Wildman–Crippen LogP) is 1.96. The van der Waals surface area contributed by atoms with Crippen molar-refractivity contribution in [2.75, 3.05) is 39.3 Å². The van der Waals surface area contributed by atoms with Crippen LogP contribution in [0.1, 0.15) is 31.1 Å². The second-order valence-corrected chi connectivity index (χ2v) is 6.40. The molecule has 2 fully saturated rings. The molecule has 0 saturated carbocycles. The number of hydrogen-bond acceptors (Lipinski definition) is 4. The van der Waals surface area contributed by atoms with E-state index in [4.69, 9.17) is 9.47 Å². The lowest BCUT2D eigenvalue weighted by atomic mass is 10.0. The van der Waals surface area contributed by atoms with Crippen LogP contribution in [-0.2, 0) is 15.9 Å². The van der Waals surface area contributed by atoms with Crippen molar-refractivity contribution in [3.63, 3.8) is 0 Å². The van der Waals surface area contributed by atoms with Crippen molar-refractivity contribution in [3.05, 3.63) is 35.4 Å². The van der Waals surface area contributed by atoms with E-state index in [1.165, 1.54) is 11.1 Å². The fourth-order valence-electron chi connectivity index (χ4n) is 3.02. The Morgan fingerprint density at radius 2 is 2.10 bits per heavy atom. The normalized spacial score (nSPS) is 26.1. The van der Waals surface area contributed by atoms with Crippen molar-refractivity contribution < 1.29 is 9.47 Å². The van der Waals surface area contributed by atoms with Crippen molar-refractivity contribution in [2.24, 2.45) is 0 Å². The van der Waals surface area contributed by atoms with Gasteiger partial charge in [0.2, 0.25) is 0 Å². The molecule has 0 radical (unpaired) electrons. The average molecular weight is 290 g/mol. The van der Waals surface area contributed by atoms with Crippen LogP contribution in [0.4, 0.5) is 0 Å². The molecule has 21 heavy (non-hydrogen) atoms. The van der Waals surface area contributed by atoms with E-state index in [1.807, 2.05) is 13.8 Å². The summed E-state index contributed by atoms with van der Waals surface area (Å²) in [6.07, 6.45) is 1.17. The summed E-state index contributed by atoms with van der Waals surface area (Å²) in [5.74, 6) is -0.457. The molecule has 0 amide bonds. The van der Waals surface area contributed by atoms with E-state index in [1.54, 1.807) is 0 Å². The highest BCUT2D eigenvalue weighted by molar-refractivity contribution is 5.26. The number of nitrogens with one attached hydrogen (secondary N) is 1. The molecule has 4 heteroatoms. The minimum Gasteiger partial charge on any atom is -0.347 e. The van der Waals surface area contributed by atoms with E-state index in [0.717, 1.165) is 39.1 Å². The maximum Gasteiger partial charge on any atom is 0.163 e. The maximum atomic E-state index is 5.94.